The second-order valence-corrected chi connectivity index (χ2v) is 4.29. The summed E-state index contributed by atoms with van der Waals surface area (Å²) in [6.45, 7) is 2.70. The summed E-state index contributed by atoms with van der Waals surface area (Å²) in [5.74, 6) is -0.896. The third-order valence-corrected chi connectivity index (χ3v) is 2.77. The lowest BCUT2D eigenvalue weighted by atomic mass is 10.2. The second-order valence-electron chi connectivity index (χ2n) is 4.29. The molecule has 0 bridgehead atoms. The number of anilines is 2. The van der Waals surface area contributed by atoms with E-state index in [1.807, 2.05) is 6.92 Å². The first-order valence-electron chi connectivity index (χ1n) is 6.15. The van der Waals surface area contributed by atoms with Gasteiger partial charge in [-0.2, -0.15) is 0 Å². The van der Waals surface area contributed by atoms with E-state index in [1.54, 1.807) is 4.90 Å². The molecule has 0 aromatic heterocycles. The van der Waals surface area contributed by atoms with Gasteiger partial charge in [-0.15, -0.1) is 0 Å². The number of hydrogen-bond donors (Lipinski definition) is 2. The van der Waals surface area contributed by atoms with E-state index in [1.165, 1.54) is 19.2 Å². The van der Waals surface area contributed by atoms with E-state index in [9.17, 15) is 9.18 Å². The zero-order chi connectivity index (χ0) is 14.4. The summed E-state index contributed by atoms with van der Waals surface area (Å²) in [7, 11) is 1.38. The van der Waals surface area contributed by atoms with Crippen molar-refractivity contribution >= 4 is 17.3 Å². The van der Waals surface area contributed by atoms with Crippen LogP contribution in [0.15, 0.2) is 12.1 Å². The van der Waals surface area contributed by atoms with Crippen LogP contribution in [0, 0.1) is 5.82 Å². The van der Waals surface area contributed by atoms with Crippen molar-refractivity contribution in [3.63, 3.8) is 0 Å². The summed E-state index contributed by atoms with van der Waals surface area (Å²) in [6, 6.07) is 2.68. The summed E-state index contributed by atoms with van der Waals surface area (Å²) in [6.07, 6.45) is 1.85. The fraction of sp³-hybridized carbons (Fsp3) is 0.462. The lowest BCUT2D eigenvalue weighted by Crippen LogP contribution is -2.35. The predicted molar refractivity (Wildman–Crippen MR) is 73.7 cm³/mol. The molecule has 106 valence electrons. The van der Waals surface area contributed by atoms with Crippen LogP contribution in [0.5, 0.6) is 5.75 Å². The first-order chi connectivity index (χ1) is 8.99. The fourth-order valence-electron chi connectivity index (χ4n) is 1.81. The molecule has 1 amide bonds. The van der Waals surface area contributed by atoms with Gasteiger partial charge >= 0.3 is 0 Å². The standard InChI is InChI=1S/C13H20FN3O2/c1-3-4-5-17(8-13(16)18)11-7-12(19-2)9(14)6-10(11)15/h6-7H,3-5,8,15H2,1-2H3,(H2,16,18). The number of ether oxygens (including phenoxy) is 1. The monoisotopic (exact) mass is 269 g/mol. The van der Waals surface area contributed by atoms with Gasteiger partial charge in [-0.25, -0.2) is 4.39 Å². The van der Waals surface area contributed by atoms with Crippen LogP contribution >= 0.6 is 0 Å². The molecule has 6 heteroatoms. The van der Waals surface area contributed by atoms with Crippen molar-refractivity contribution < 1.29 is 13.9 Å². The maximum Gasteiger partial charge on any atom is 0.236 e. The topological polar surface area (TPSA) is 81.6 Å². The highest BCUT2D eigenvalue weighted by molar-refractivity contribution is 5.82. The van der Waals surface area contributed by atoms with Crippen LogP contribution in [-0.4, -0.2) is 26.1 Å². The Kier molecular flexibility index (Phi) is 5.41. The van der Waals surface area contributed by atoms with Gasteiger partial charge in [-0.1, -0.05) is 13.3 Å². The van der Waals surface area contributed by atoms with Crippen LogP contribution in [0.4, 0.5) is 15.8 Å². The molecule has 0 aliphatic rings. The van der Waals surface area contributed by atoms with Gasteiger partial charge in [0.2, 0.25) is 5.91 Å². The van der Waals surface area contributed by atoms with Crippen LogP contribution in [0.2, 0.25) is 0 Å². The van der Waals surface area contributed by atoms with Crippen LogP contribution in [0.25, 0.3) is 0 Å². The minimum Gasteiger partial charge on any atom is -0.494 e. The first-order valence-corrected chi connectivity index (χ1v) is 6.15. The Morgan fingerprint density at radius 2 is 2.16 bits per heavy atom. The van der Waals surface area contributed by atoms with Gasteiger partial charge < -0.3 is 21.1 Å². The number of carbonyl (C=O) groups is 1. The van der Waals surface area contributed by atoms with Crippen LogP contribution in [-0.2, 0) is 4.79 Å². The molecule has 4 N–H and O–H groups in total. The summed E-state index contributed by atoms with van der Waals surface area (Å²) in [5.41, 5.74) is 11.9. The number of carbonyl (C=O) groups excluding carboxylic acids is 1. The molecule has 0 fully saturated rings. The predicted octanol–water partition coefficient (Wildman–Crippen LogP) is 1.51. The Balaban J connectivity index is 3.09. The number of methoxy groups -OCH3 is 1. The van der Waals surface area contributed by atoms with Crippen LogP contribution < -0.4 is 21.1 Å². The van der Waals surface area contributed by atoms with Crippen molar-refractivity contribution in [2.75, 3.05) is 30.8 Å². The SMILES string of the molecule is CCCCN(CC(N)=O)c1cc(OC)c(F)cc1N. The summed E-state index contributed by atoms with van der Waals surface area (Å²) in [4.78, 5) is 12.9. The van der Waals surface area contributed by atoms with Crippen molar-refractivity contribution in [1.82, 2.24) is 0 Å². The highest BCUT2D eigenvalue weighted by Gasteiger charge is 2.15. The van der Waals surface area contributed by atoms with Crippen molar-refractivity contribution in [3.05, 3.63) is 17.9 Å². The molecule has 1 aromatic rings. The van der Waals surface area contributed by atoms with Gasteiger partial charge in [0, 0.05) is 18.7 Å². The Morgan fingerprint density at radius 1 is 1.47 bits per heavy atom. The van der Waals surface area contributed by atoms with Crippen LogP contribution in [0.3, 0.4) is 0 Å². The largest absolute Gasteiger partial charge is 0.494 e. The average Bonchev–Trinajstić information content (AvgIpc) is 2.34. The molecule has 1 aromatic carbocycles. The Bertz CT molecular complexity index is 452. The Hall–Kier alpha value is -1.98. The number of rotatable bonds is 7. The molecule has 0 unspecified atom stereocenters. The average molecular weight is 269 g/mol. The Labute approximate surface area is 112 Å². The number of unbranched alkanes of at least 4 members (excludes halogenated alkanes) is 1. The van der Waals surface area contributed by atoms with Crippen molar-refractivity contribution in [2.24, 2.45) is 5.73 Å². The first kappa shape index (κ1) is 15.1. The molecular weight excluding hydrogens is 249 g/mol. The highest BCUT2D eigenvalue weighted by Crippen LogP contribution is 2.31. The maximum atomic E-state index is 13.5. The van der Waals surface area contributed by atoms with E-state index in [4.69, 9.17) is 16.2 Å². The lowest BCUT2D eigenvalue weighted by molar-refractivity contribution is -0.116. The van der Waals surface area contributed by atoms with E-state index < -0.39 is 11.7 Å². The molecule has 0 radical (unpaired) electrons. The number of hydrogen-bond acceptors (Lipinski definition) is 4. The molecule has 19 heavy (non-hydrogen) atoms. The smallest absolute Gasteiger partial charge is 0.236 e. The quantitative estimate of drug-likeness (QED) is 0.735. The maximum absolute atomic E-state index is 13.5. The van der Waals surface area contributed by atoms with Crippen molar-refractivity contribution in [3.8, 4) is 5.75 Å². The highest BCUT2D eigenvalue weighted by atomic mass is 19.1. The van der Waals surface area contributed by atoms with E-state index in [2.05, 4.69) is 0 Å². The number of nitrogen functional groups attached to an aromatic ring is 1. The third-order valence-electron chi connectivity index (χ3n) is 2.77. The van der Waals surface area contributed by atoms with E-state index in [0.29, 0.717) is 12.2 Å². The zero-order valence-electron chi connectivity index (χ0n) is 11.3. The molecule has 0 aliphatic heterocycles. The van der Waals surface area contributed by atoms with E-state index >= 15 is 0 Å². The van der Waals surface area contributed by atoms with Gasteiger partial charge in [0.15, 0.2) is 11.6 Å². The molecule has 1 rings (SSSR count). The third kappa shape index (κ3) is 4.01. The number of halogens is 1. The molecule has 0 atom stereocenters. The number of nitrogens with two attached hydrogens (primary N) is 2. The second kappa shape index (κ2) is 6.82. The summed E-state index contributed by atoms with van der Waals surface area (Å²) < 4.78 is 18.4. The summed E-state index contributed by atoms with van der Waals surface area (Å²) in [5, 5.41) is 0. The van der Waals surface area contributed by atoms with Crippen molar-refractivity contribution in [1.29, 1.82) is 0 Å². The summed E-state index contributed by atoms with van der Waals surface area (Å²) >= 11 is 0. The van der Waals surface area contributed by atoms with Gasteiger partial charge in [-0.3, -0.25) is 4.79 Å². The zero-order valence-corrected chi connectivity index (χ0v) is 11.3. The number of nitrogens with zero attached hydrogens (tertiary/aromatic N) is 1. The van der Waals surface area contributed by atoms with Crippen molar-refractivity contribution in [2.45, 2.75) is 19.8 Å². The van der Waals surface area contributed by atoms with E-state index in [0.717, 1.165) is 12.8 Å². The number of amides is 1. The van der Waals surface area contributed by atoms with E-state index in [-0.39, 0.29) is 18.0 Å². The molecule has 0 spiro atoms. The molecular formula is C13H20FN3O2. The number of primary amides is 1. The minimum atomic E-state index is -0.529. The molecule has 5 nitrogen and oxygen atoms in total. The molecule has 0 aliphatic carbocycles. The normalized spacial score (nSPS) is 10.3. The molecule has 0 saturated heterocycles. The van der Waals surface area contributed by atoms with Gasteiger partial charge in [-0.05, 0) is 6.42 Å². The number of benzene rings is 1. The van der Waals surface area contributed by atoms with Gasteiger partial charge in [0.1, 0.15) is 0 Å². The minimum absolute atomic E-state index is 0.0407. The van der Waals surface area contributed by atoms with Crippen LogP contribution in [0.1, 0.15) is 19.8 Å². The molecule has 0 saturated carbocycles. The lowest BCUT2D eigenvalue weighted by Gasteiger charge is -2.25. The van der Waals surface area contributed by atoms with Gasteiger partial charge in [0.05, 0.1) is 25.0 Å². The molecule has 0 heterocycles. The fourth-order valence-corrected chi connectivity index (χ4v) is 1.81. The Morgan fingerprint density at radius 3 is 2.68 bits per heavy atom. The van der Waals surface area contributed by atoms with Gasteiger partial charge in [0.25, 0.3) is 0 Å².